The van der Waals surface area contributed by atoms with Crippen LogP contribution in [0.5, 0.6) is 0 Å². The highest BCUT2D eigenvalue weighted by atomic mass is 16.7. The molecule has 2 heterocycles. The van der Waals surface area contributed by atoms with Gasteiger partial charge in [-0.25, -0.2) is 0 Å². The highest BCUT2D eigenvalue weighted by Crippen LogP contribution is 2.28. The summed E-state index contributed by atoms with van der Waals surface area (Å²) in [6, 6.07) is 2.05. The number of aromatic amines is 1. The van der Waals surface area contributed by atoms with Gasteiger partial charge in [-0.2, -0.15) is 0 Å². The van der Waals surface area contributed by atoms with Gasteiger partial charge in [-0.15, -0.1) is 0 Å². The molecule has 0 aliphatic heterocycles. The molecule has 4 heteroatoms. The Bertz CT molecular complexity index is 582. The lowest BCUT2D eigenvalue weighted by Gasteiger charge is -2.18. The van der Waals surface area contributed by atoms with Gasteiger partial charge in [0.1, 0.15) is 5.69 Å². The van der Waals surface area contributed by atoms with Crippen LogP contribution in [0.25, 0.3) is 10.9 Å². The van der Waals surface area contributed by atoms with Crippen molar-refractivity contribution < 1.29 is 9.47 Å². The molecule has 0 aromatic carbocycles. The largest absolute Gasteiger partial charge is 0.357 e. The van der Waals surface area contributed by atoms with Gasteiger partial charge in [-0.1, -0.05) is 26.7 Å². The number of nitrogens with one attached hydrogen (secondary N) is 1. The van der Waals surface area contributed by atoms with E-state index in [1.807, 2.05) is 12.3 Å². The van der Waals surface area contributed by atoms with Crippen molar-refractivity contribution in [3.8, 4) is 0 Å². The fraction of sp³-hybridized carbons (Fsp3) is 0.611. The number of hydrogen-bond donors (Lipinski definition) is 1. The monoisotopic (exact) mass is 304 g/mol. The van der Waals surface area contributed by atoms with E-state index in [9.17, 15) is 0 Å². The summed E-state index contributed by atoms with van der Waals surface area (Å²) in [6.07, 6.45) is 5.75. The van der Waals surface area contributed by atoms with Gasteiger partial charge in [0.25, 0.3) is 0 Å². The first kappa shape index (κ1) is 17.0. The van der Waals surface area contributed by atoms with Gasteiger partial charge in [0, 0.05) is 17.3 Å². The third-order valence-corrected chi connectivity index (χ3v) is 4.02. The number of rotatable bonds is 9. The van der Waals surface area contributed by atoms with E-state index in [4.69, 9.17) is 9.47 Å². The Labute approximate surface area is 133 Å². The first-order valence-corrected chi connectivity index (χ1v) is 8.36. The van der Waals surface area contributed by atoms with Crippen LogP contribution in [-0.2, 0) is 9.47 Å². The predicted octanol–water partition coefficient (Wildman–Crippen LogP) is 4.81. The van der Waals surface area contributed by atoms with Gasteiger partial charge in [0.05, 0.1) is 18.7 Å². The minimum Gasteiger partial charge on any atom is -0.357 e. The van der Waals surface area contributed by atoms with Crippen LogP contribution < -0.4 is 0 Å². The topological polar surface area (TPSA) is 47.1 Å². The molecule has 1 N–H and O–H groups in total. The van der Waals surface area contributed by atoms with Crippen LogP contribution in [0.4, 0.5) is 0 Å². The molecular formula is C18H28N2O2. The normalized spacial score (nSPS) is 11.7. The fourth-order valence-corrected chi connectivity index (χ4v) is 2.46. The molecule has 0 atom stereocenters. The van der Waals surface area contributed by atoms with Gasteiger partial charge in [0.2, 0.25) is 6.29 Å². The Hall–Kier alpha value is -1.39. The average Bonchev–Trinajstić information content (AvgIpc) is 2.81. The van der Waals surface area contributed by atoms with E-state index >= 15 is 0 Å². The van der Waals surface area contributed by atoms with E-state index in [1.165, 1.54) is 16.6 Å². The number of unbranched alkanes of at least 4 members (excludes halogenated alkanes) is 2. The molecule has 2 aromatic rings. The highest BCUT2D eigenvalue weighted by molar-refractivity contribution is 5.86. The molecule has 2 aromatic heterocycles. The van der Waals surface area contributed by atoms with Crippen molar-refractivity contribution in [3.63, 3.8) is 0 Å². The molecule has 0 radical (unpaired) electrons. The molecule has 4 nitrogen and oxygen atoms in total. The second kappa shape index (κ2) is 8.30. The van der Waals surface area contributed by atoms with Crippen LogP contribution in [0, 0.1) is 13.8 Å². The van der Waals surface area contributed by atoms with Crippen LogP contribution in [-0.4, -0.2) is 23.2 Å². The molecule has 0 spiro atoms. The molecule has 122 valence electrons. The molecule has 22 heavy (non-hydrogen) atoms. The summed E-state index contributed by atoms with van der Waals surface area (Å²) in [4.78, 5) is 7.97. The van der Waals surface area contributed by atoms with Crippen LogP contribution in [0.1, 0.15) is 62.8 Å². The zero-order chi connectivity index (χ0) is 15.9. The molecule has 0 aliphatic rings. The van der Waals surface area contributed by atoms with Crippen LogP contribution in [0.15, 0.2) is 12.3 Å². The maximum Gasteiger partial charge on any atom is 0.203 e. The lowest BCUT2D eigenvalue weighted by molar-refractivity contribution is -0.149. The number of nitrogens with zero attached hydrogens (tertiary/aromatic N) is 1. The first-order valence-electron chi connectivity index (χ1n) is 8.36. The maximum atomic E-state index is 5.97. The standard InChI is InChI=1S/C18H28N2O2/c1-5-7-11-21-18(22-12-8-6-2)17-16-15(9-10-19-17)13(3)14(4)20-16/h9-10,18,20H,5-8,11-12H2,1-4H3. The fourth-order valence-electron chi connectivity index (χ4n) is 2.46. The first-order chi connectivity index (χ1) is 10.7. The van der Waals surface area contributed by atoms with Crippen molar-refractivity contribution in [2.45, 2.75) is 59.7 Å². The van der Waals surface area contributed by atoms with Crippen LogP contribution in [0.2, 0.25) is 0 Å². The van der Waals surface area contributed by atoms with Crippen molar-refractivity contribution in [2.24, 2.45) is 0 Å². The lowest BCUT2D eigenvalue weighted by atomic mass is 10.1. The van der Waals surface area contributed by atoms with Crippen LogP contribution >= 0.6 is 0 Å². The van der Waals surface area contributed by atoms with Gasteiger partial charge < -0.3 is 14.5 Å². The summed E-state index contributed by atoms with van der Waals surface area (Å²) in [6.45, 7) is 9.93. The Morgan fingerprint density at radius 2 is 1.73 bits per heavy atom. The van der Waals surface area contributed by atoms with E-state index in [0.29, 0.717) is 13.2 Å². The maximum absolute atomic E-state index is 5.97. The van der Waals surface area contributed by atoms with Gasteiger partial charge in [-0.05, 0) is 38.3 Å². The molecule has 0 fully saturated rings. The third-order valence-electron chi connectivity index (χ3n) is 4.02. The summed E-state index contributed by atoms with van der Waals surface area (Å²) in [7, 11) is 0. The quantitative estimate of drug-likeness (QED) is 0.534. The van der Waals surface area contributed by atoms with E-state index in [1.54, 1.807) is 0 Å². The number of hydrogen-bond acceptors (Lipinski definition) is 3. The van der Waals surface area contributed by atoms with E-state index in [0.717, 1.165) is 36.9 Å². The molecule has 0 saturated heterocycles. The average molecular weight is 304 g/mol. The zero-order valence-electron chi connectivity index (χ0n) is 14.2. The highest BCUT2D eigenvalue weighted by Gasteiger charge is 2.19. The number of H-pyrrole nitrogens is 1. The number of ether oxygens (including phenoxy) is 2. The number of aromatic nitrogens is 2. The van der Waals surface area contributed by atoms with Crippen molar-refractivity contribution in [1.82, 2.24) is 9.97 Å². The predicted molar refractivity (Wildman–Crippen MR) is 90.0 cm³/mol. The number of aryl methyl sites for hydroxylation is 2. The van der Waals surface area contributed by atoms with Gasteiger partial charge in [-0.3, -0.25) is 4.98 Å². The Kier molecular flexibility index (Phi) is 6.40. The molecule has 0 unspecified atom stereocenters. The van der Waals surface area contributed by atoms with Gasteiger partial charge >= 0.3 is 0 Å². The van der Waals surface area contributed by atoms with Crippen LogP contribution in [0.3, 0.4) is 0 Å². The number of fused-ring (bicyclic) bond motifs is 1. The molecule has 0 amide bonds. The molecule has 0 bridgehead atoms. The molecule has 2 rings (SSSR count). The summed E-state index contributed by atoms with van der Waals surface area (Å²) in [5.41, 5.74) is 4.33. The Morgan fingerprint density at radius 1 is 1.09 bits per heavy atom. The smallest absolute Gasteiger partial charge is 0.203 e. The second-order valence-corrected chi connectivity index (χ2v) is 5.77. The van der Waals surface area contributed by atoms with Crippen molar-refractivity contribution in [3.05, 3.63) is 29.2 Å². The Balaban J connectivity index is 2.26. The SMILES string of the molecule is CCCCOC(OCCCC)c1nccc2c(C)c(C)[nH]c12. The van der Waals surface area contributed by atoms with E-state index < -0.39 is 0 Å². The zero-order valence-corrected chi connectivity index (χ0v) is 14.2. The van der Waals surface area contributed by atoms with E-state index in [2.05, 4.69) is 37.7 Å². The van der Waals surface area contributed by atoms with E-state index in [-0.39, 0.29) is 6.29 Å². The van der Waals surface area contributed by atoms with Crippen molar-refractivity contribution >= 4 is 10.9 Å². The van der Waals surface area contributed by atoms with Crippen molar-refractivity contribution in [2.75, 3.05) is 13.2 Å². The van der Waals surface area contributed by atoms with Gasteiger partial charge in [0.15, 0.2) is 0 Å². The molecule has 0 saturated carbocycles. The molecular weight excluding hydrogens is 276 g/mol. The summed E-state index contributed by atoms with van der Waals surface area (Å²) >= 11 is 0. The third kappa shape index (κ3) is 3.87. The van der Waals surface area contributed by atoms with Crippen molar-refractivity contribution in [1.29, 1.82) is 0 Å². The summed E-state index contributed by atoms with van der Waals surface area (Å²) in [5, 5.41) is 1.20. The molecule has 0 aliphatic carbocycles. The summed E-state index contributed by atoms with van der Waals surface area (Å²) in [5.74, 6) is 0. The lowest BCUT2D eigenvalue weighted by Crippen LogP contribution is -2.13. The minimum atomic E-state index is -0.390. The Morgan fingerprint density at radius 3 is 2.32 bits per heavy atom. The number of pyridine rings is 1. The summed E-state index contributed by atoms with van der Waals surface area (Å²) < 4.78 is 11.9. The minimum absolute atomic E-state index is 0.390. The second-order valence-electron chi connectivity index (χ2n) is 5.77.